The Hall–Kier alpha value is -0.753. The van der Waals surface area contributed by atoms with E-state index in [2.05, 4.69) is 66.4 Å². The maximum absolute atomic E-state index is 9.82. The van der Waals surface area contributed by atoms with Crippen molar-refractivity contribution in [1.29, 1.82) is 0 Å². The smallest absolute Gasteiger partial charge is 0.192 e. The fourth-order valence-corrected chi connectivity index (χ4v) is 5.17. The number of anilines is 1. The Morgan fingerprint density at radius 1 is 1.42 bits per heavy atom. The molecule has 3 atom stereocenters. The average Bonchev–Trinajstić information content (AvgIpc) is 3.07. The van der Waals surface area contributed by atoms with Crippen LogP contribution in [-0.4, -0.2) is 46.8 Å². The van der Waals surface area contributed by atoms with Crippen LogP contribution in [0.5, 0.6) is 0 Å². The van der Waals surface area contributed by atoms with E-state index < -0.39 is 8.32 Å². The van der Waals surface area contributed by atoms with Crippen molar-refractivity contribution < 1.29 is 14.3 Å². The third-order valence-corrected chi connectivity index (χ3v) is 10.8. The van der Waals surface area contributed by atoms with Gasteiger partial charge in [-0.25, -0.2) is 9.97 Å². The van der Waals surface area contributed by atoms with Gasteiger partial charge in [0.2, 0.25) is 0 Å². The van der Waals surface area contributed by atoms with Gasteiger partial charge in [0.25, 0.3) is 0 Å². The zero-order valence-corrected chi connectivity index (χ0v) is 19.0. The largest absolute Gasteiger partial charge is 0.411 e. The summed E-state index contributed by atoms with van der Waals surface area (Å²) in [6.45, 7) is 11.0. The molecule has 2 aromatic heterocycles. The number of nitrogens with two attached hydrogens (primary N) is 1. The summed E-state index contributed by atoms with van der Waals surface area (Å²) in [4.78, 5) is 8.47. The summed E-state index contributed by atoms with van der Waals surface area (Å²) in [6, 6.07) is 0. The van der Waals surface area contributed by atoms with E-state index in [0.717, 1.165) is 14.6 Å². The van der Waals surface area contributed by atoms with Crippen molar-refractivity contribution in [3.63, 3.8) is 0 Å². The molecule has 3 N–H and O–H groups in total. The number of halogens is 1. The molecule has 0 aromatic carbocycles. The number of hydrogen-bond acceptors (Lipinski definition) is 6. The van der Waals surface area contributed by atoms with E-state index in [1.807, 2.05) is 10.8 Å². The molecule has 0 unspecified atom stereocenters. The van der Waals surface area contributed by atoms with Crippen LogP contribution < -0.4 is 5.73 Å². The summed E-state index contributed by atoms with van der Waals surface area (Å²) in [5.74, 6) is 0.462. The molecule has 1 aliphatic rings. The van der Waals surface area contributed by atoms with Crippen LogP contribution in [0.4, 0.5) is 5.82 Å². The lowest BCUT2D eigenvalue weighted by Crippen LogP contribution is -2.46. The highest BCUT2D eigenvalue weighted by Gasteiger charge is 2.45. The number of rotatable bonds is 4. The highest BCUT2D eigenvalue weighted by atomic mass is 127. The fraction of sp³-hybridized carbons (Fsp3) is 0.647. The molecule has 0 radical (unpaired) electrons. The van der Waals surface area contributed by atoms with Gasteiger partial charge in [-0.2, -0.15) is 0 Å². The third kappa shape index (κ3) is 3.51. The minimum atomic E-state index is -1.96. The Labute approximate surface area is 168 Å². The molecule has 144 valence electrons. The van der Waals surface area contributed by atoms with Gasteiger partial charge in [0.05, 0.1) is 18.1 Å². The van der Waals surface area contributed by atoms with Crippen molar-refractivity contribution in [3.05, 3.63) is 16.1 Å². The number of nitrogens with zero attached hydrogens (tertiary/aromatic N) is 3. The number of nitrogen functional groups attached to an aromatic ring is 1. The fourth-order valence-electron chi connectivity index (χ4n) is 3.00. The second kappa shape index (κ2) is 7.01. The van der Waals surface area contributed by atoms with Crippen LogP contribution in [0.3, 0.4) is 0 Å². The van der Waals surface area contributed by atoms with E-state index in [-0.39, 0.29) is 30.1 Å². The Kier molecular flexibility index (Phi) is 5.39. The summed E-state index contributed by atoms with van der Waals surface area (Å²) >= 11 is 2.23. The molecule has 1 aliphatic heterocycles. The number of fused-ring (bicyclic) bond motifs is 1. The topological polar surface area (TPSA) is 95.4 Å². The predicted molar refractivity (Wildman–Crippen MR) is 112 cm³/mol. The van der Waals surface area contributed by atoms with Gasteiger partial charge in [-0.15, -0.1) is 0 Å². The lowest BCUT2D eigenvalue weighted by molar-refractivity contribution is -0.0409. The van der Waals surface area contributed by atoms with Gasteiger partial charge >= 0.3 is 0 Å². The van der Waals surface area contributed by atoms with E-state index in [9.17, 15) is 5.11 Å². The molecule has 0 spiro atoms. The van der Waals surface area contributed by atoms with Crippen LogP contribution in [0.15, 0.2) is 12.5 Å². The highest BCUT2D eigenvalue weighted by molar-refractivity contribution is 14.1. The molecule has 0 bridgehead atoms. The Morgan fingerprint density at radius 2 is 2.12 bits per heavy atom. The number of aliphatic hydroxyl groups excluding tert-OH is 1. The second-order valence-corrected chi connectivity index (χ2v) is 14.2. The van der Waals surface area contributed by atoms with Gasteiger partial charge in [0.1, 0.15) is 30.1 Å². The lowest BCUT2D eigenvalue weighted by atomic mass is 10.2. The first-order valence-corrected chi connectivity index (χ1v) is 12.7. The first-order valence-electron chi connectivity index (χ1n) is 8.76. The Morgan fingerprint density at radius 3 is 2.73 bits per heavy atom. The number of aromatic nitrogens is 3. The van der Waals surface area contributed by atoms with Crippen molar-refractivity contribution in [2.24, 2.45) is 0 Å². The summed E-state index contributed by atoms with van der Waals surface area (Å²) < 4.78 is 15.6. The highest BCUT2D eigenvalue weighted by Crippen LogP contribution is 2.42. The van der Waals surface area contributed by atoms with Gasteiger partial charge in [0, 0.05) is 16.2 Å². The van der Waals surface area contributed by atoms with Crippen molar-refractivity contribution in [1.82, 2.24) is 14.5 Å². The maximum Gasteiger partial charge on any atom is 0.192 e. The van der Waals surface area contributed by atoms with E-state index in [1.54, 1.807) is 0 Å². The standard InChI is InChI=1S/C17H27IN4O3Si/c1-17(2,3)26(4,5)25-11-6-13(24-12(11)8-23)22-7-10(18)14-15(19)20-9-21-16(14)22/h7,9,11-13,23H,6,8H2,1-5H3,(H2,19,20,21)/t11-,12+,13+/m0/s1. The number of hydrogen-bond donors (Lipinski definition) is 2. The average molecular weight is 490 g/mol. The monoisotopic (exact) mass is 490 g/mol. The lowest BCUT2D eigenvalue weighted by Gasteiger charge is -2.39. The first-order chi connectivity index (χ1) is 12.0. The van der Waals surface area contributed by atoms with Crippen molar-refractivity contribution in [2.75, 3.05) is 12.3 Å². The summed E-state index contributed by atoms with van der Waals surface area (Å²) in [7, 11) is -1.96. The molecule has 26 heavy (non-hydrogen) atoms. The third-order valence-electron chi connectivity index (χ3n) is 5.52. The minimum Gasteiger partial charge on any atom is -0.411 e. The molecule has 0 amide bonds. The summed E-state index contributed by atoms with van der Waals surface area (Å²) in [5.41, 5.74) is 6.76. The van der Waals surface area contributed by atoms with Crippen LogP contribution >= 0.6 is 22.6 Å². The molecule has 2 aromatic rings. The van der Waals surface area contributed by atoms with Crippen LogP contribution in [0.2, 0.25) is 18.1 Å². The first kappa shape index (κ1) is 20.0. The van der Waals surface area contributed by atoms with Crippen molar-refractivity contribution in [2.45, 2.75) is 63.8 Å². The van der Waals surface area contributed by atoms with E-state index in [0.29, 0.717) is 12.2 Å². The van der Waals surface area contributed by atoms with E-state index in [1.165, 1.54) is 6.33 Å². The zero-order chi connectivity index (χ0) is 19.3. The maximum atomic E-state index is 9.82. The Bertz CT molecular complexity index is 805. The Balaban J connectivity index is 1.89. The second-order valence-electron chi connectivity index (χ2n) is 8.31. The molecular weight excluding hydrogens is 463 g/mol. The van der Waals surface area contributed by atoms with Crippen molar-refractivity contribution >= 4 is 47.8 Å². The minimum absolute atomic E-state index is 0.0663. The number of aliphatic hydroxyl groups is 1. The molecule has 0 saturated carbocycles. The molecule has 3 heterocycles. The van der Waals surface area contributed by atoms with Crippen LogP contribution in [0, 0.1) is 3.57 Å². The van der Waals surface area contributed by atoms with E-state index in [4.69, 9.17) is 14.9 Å². The summed E-state index contributed by atoms with van der Waals surface area (Å²) in [5, 5.41) is 10.8. The normalized spacial score (nSPS) is 24.5. The van der Waals surface area contributed by atoms with Gasteiger partial charge in [-0.3, -0.25) is 0 Å². The zero-order valence-electron chi connectivity index (χ0n) is 15.9. The quantitative estimate of drug-likeness (QED) is 0.505. The van der Waals surface area contributed by atoms with E-state index >= 15 is 0 Å². The van der Waals surface area contributed by atoms with Gasteiger partial charge in [-0.05, 0) is 40.7 Å². The SMILES string of the molecule is CC(C)(C)[Si](C)(C)O[C@H]1C[C@H](n2cc(I)c3c(N)ncnc32)O[C@@H]1CO. The molecular formula is C17H27IN4O3Si. The molecule has 0 aliphatic carbocycles. The predicted octanol–water partition coefficient (Wildman–Crippen LogP) is 3.29. The molecule has 9 heteroatoms. The van der Waals surface area contributed by atoms with Crippen molar-refractivity contribution in [3.8, 4) is 0 Å². The van der Waals surface area contributed by atoms with Gasteiger partial charge in [-0.1, -0.05) is 20.8 Å². The molecule has 1 fully saturated rings. The molecule has 7 nitrogen and oxygen atoms in total. The van der Waals surface area contributed by atoms with Crippen LogP contribution in [-0.2, 0) is 9.16 Å². The number of ether oxygens (including phenoxy) is 1. The van der Waals surface area contributed by atoms with Gasteiger partial charge < -0.3 is 24.6 Å². The molecule has 3 rings (SSSR count). The van der Waals surface area contributed by atoms with Crippen LogP contribution in [0.25, 0.3) is 11.0 Å². The summed E-state index contributed by atoms with van der Waals surface area (Å²) in [6.07, 6.45) is 3.38. The van der Waals surface area contributed by atoms with Crippen LogP contribution in [0.1, 0.15) is 33.4 Å². The molecule has 1 saturated heterocycles. The van der Waals surface area contributed by atoms with Gasteiger partial charge in [0.15, 0.2) is 8.32 Å².